The van der Waals surface area contributed by atoms with Crippen LogP contribution in [0.1, 0.15) is 29.3 Å². The Kier molecular flexibility index (Phi) is 6.94. The van der Waals surface area contributed by atoms with Crippen LogP contribution in [0.2, 0.25) is 0 Å². The van der Waals surface area contributed by atoms with Crippen LogP contribution in [0.15, 0.2) is 40.7 Å². The molecular weight excluding hydrogens is 306 g/mol. The number of hydrogen-bond acceptors (Lipinski definition) is 3. The van der Waals surface area contributed by atoms with E-state index in [-0.39, 0.29) is 0 Å². The summed E-state index contributed by atoms with van der Waals surface area (Å²) >= 11 is 1.75. The summed E-state index contributed by atoms with van der Waals surface area (Å²) < 4.78 is 0. The fraction of sp³-hybridized carbons (Fsp3) is 0.389. The lowest BCUT2D eigenvalue weighted by molar-refractivity contribution is 0.475. The van der Waals surface area contributed by atoms with E-state index in [9.17, 15) is 5.11 Å². The number of rotatable bonds is 7. The van der Waals surface area contributed by atoms with Crippen molar-refractivity contribution in [2.24, 2.45) is 4.99 Å². The Bertz CT molecular complexity index is 619. The fourth-order valence-corrected chi connectivity index (χ4v) is 3.05. The summed E-state index contributed by atoms with van der Waals surface area (Å²) in [5.74, 6) is 1.18. The number of aromatic hydroxyl groups is 1. The maximum atomic E-state index is 9.28. The van der Waals surface area contributed by atoms with E-state index < -0.39 is 0 Å². The van der Waals surface area contributed by atoms with Crippen LogP contribution in [0, 0.1) is 6.92 Å². The van der Waals surface area contributed by atoms with E-state index in [1.807, 2.05) is 12.1 Å². The summed E-state index contributed by atoms with van der Waals surface area (Å²) in [6.07, 6.45) is 2.00. The third-order valence-corrected chi connectivity index (χ3v) is 4.57. The Morgan fingerprint density at radius 2 is 1.96 bits per heavy atom. The van der Waals surface area contributed by atoms with Crippen LogP contribution >= 0.6 is 11.3 Å². The minimum Gasteiger partial charge on any atom is -0.508 e. The molecular formula is C18H25N3OS. The molecule has 0 saturated heterocycles. The number of hydrogen-bond donors (Lipinski definition) is 3. The van der Waals surface area contributed by atoms with Crippen molar-refractivity contribution >= 4 is 17.3 Å². The molecule has 0 bridgehead atoms. The van der Waals surface area contributed by atoms with E-state index in [4.69, 9.17) is 0 Å². The Morgan fingerprint density at radius 3 is 2.61 bits per heavy atom. The van der Waals surface area contributed by atoms with Gasteiger partial charge in [-0.25, -0.2) is 4.99 Å². The number of phenols is 1. The fourth-order valence-electron chi connectivity index (χ4n) is 2.22. The maximum absolute atomic E-state index is 9.28. The molecule has 0 atom stereocenters. The van der Waals surface area contributed by atoms with Gasteiger partial charge in [0.05, 0.1) is 6.54 Å². The minimum absolute atomic E-state index is 0.317. The van der Waals surface area contributed by atoms with Crippen molar-refractivity contribution in [2.45, 2.75) is 33.2 Å². The van der Waals surface area contributed by atoms with Crippen LogP contribution in [0.5, 0.6) is 5.75 Å². The van der Waals surface area contributed by atoms with Crippen LogP contribution in [0.4, 0.5) is 0 Å². The van der Waals surface area contributed by atoms with Gasteiger partial charge < -0.3 is 15.7 Å². The SMILES string of the molecule is CCNC(=NCc1sccc1C)NCCCc1ccc(O)cc1. The van der Waals surface area contributed by atoms with Crippen molar-refractivity contribution in [2.75, 3.05) is 13.1 Å². The third-order valence-electron chi connectivity index (χ3n) is 3.56. The molecule has 0 saturated carbocycles. The average molecular weight is 331 g/mol. The zero-order valence-electron chi connectivity index (χ0n) is 13.8. The zero-order chi connectivity index (χ0) is 16.5. The standard InChI is InChI=1S/C18H25N3OS/c1-3-19-18(21-13-17-14(2)10-12-23-17)20-11-4-5-15-6-8-16(22)9-7-15/h6-10,12,22H,3-5,11,13H2,1-2H3,(H2,19,20,21). The topological polar surface area (TPSA) is 56.7 Å². The van der Waals surface area contributed by atoms with Crippen molar-refractivity contribution < 1.29 is 5.11 Å². The molecule has 0 aliphatic carbocycles. The first-order valence-corrected chi connectivity index (χ1v) is 8.90. The van der Waals surface area contributed by atoms with Crippen LogP contribution < -0.4 is 10.6 Å². The van der Waals surface area contributed by atoms with Crippen molar-refractivity contribution in [1.82, 2.24) is 10.6 Å². The van der Waals surface area contributed by atoms with E-state index in [2.05, 4.69) is 40.9 Å². The van der Waals surface area contributed by atoms with Gasteiger partial charge in [0.1, 0.15) is 5.75 Å². The lowest BCUT2D eigenvalue weighted by atomic mass is 10.1. The van der Waals surface area contributed by atoms with E-state index in [1.54, 1.807) is 23.5 Å². The summed E-state index contributed by atoms with van der Waals surface area (Å²) in [5.41, 5.74) is 2.54. The smallest absolute Gasteiger partial charge is 0.191 e. The molecule has 4 nitrogen and oxygen atoms in total. The molecule has 0 amide bonds. The lowest BCUT2D eigenvalue weighted by Crippen LogP contribution is -2.37. The zero-order valence-corrected chi connectivity index (χ0v) is 14.6. The molecule has 0 aliphatic rings. The molecule has 0 radical (unpaired) electrons. The molecule has 3 N–H and O–H groups in total. The molecule has 2 aromatic rings. The number of guanidine groups is 1. The first kappa shape index (κ1) is 17.3. The number of aryl methyl sites for hydroxylation is 2. The molecule has 5 heteroatoms. The van der Waals surface area contributed by atoms with Crippen LogP contribution in [0.3, 0.4) is 0 Å². The predicted molar refractivity (Wildman–Crippen MR) is 98.3 cm³/mol. The van der Waals surface area contributed by atoms with Gasteiger partial charge in [0.15, 0.2) is 5.96 Å². The average Bonchev–Trinajstić information content (AvgIpc) is 2.96. The van der Waals surface area contributed by atoms with Gasteiger partial charge in [0, 0.05) is 18.0 Å². The highest BCUT2D eigenvalue weighted by molar-refractivity contribution is 7.10. The third kappa shape index (κ3) is 5.94. The molecule has 1 aromatic heterocycles. The molecule has 124 valence electrons. The number of nitrogens with zero attached hydrogens (tertiary/aromatic N) is 1. The number of nitrogens with one attached hydrogen (secondary N) is 2. The maximum Gasteiger partial charge on any atom is 0.191 e. The van der Waals surface area contributed by atoms with Gasteiger partial charge in [-0.3, -0.25) is 0 Å². The molecule has 1 aromatic carbocycles. The monoisotopic (exact) mass is 331 g/mol. The quantitative estimate of drug-likeness (QED) is 0.414. The van der Waals surface area contributed by atoms with Crippen molar-refractivity contribution in [1.29, 1.82) is 0 Å². The Labute approximate surface area is 142 Å². The second-order valence-electron chi connectivity index (χ2n) is 5.42. The first-order valence-electron chi connectivity index (χ1n) is 8.02. The second kappa shape index (κ2) is 9.20. The predicted octanol–water partition coefficient (Wildman–Crippen LogP) is 3.45. The Morgan fingerprint density at radius 1 is 1.17 bits per heavy atom. The van der Waals surface area contributed by atoms with Crippen LogP contribution in [-0.2, 0) is 13.0 Å². The summed E-state index contributed by atoms with van der Waals surface area (Å²) in [6.45, 7) is 6.64. The first-order chi connectivity index (χ1) is 11.2. The van der Waals surface area contributed by atoms with Crippen molar-refractivity contribution in [3.63, 3.8) is 0 Å². The Balaban J connectivity index is 1.77. The molecule has 2 rings (SSSR count). The number of phenolic OH excluding ortho intramolecular Hbond substituents is 1. The van der Waals surface area contributed by atoms with Gasteiger partial charge in [0.2, 0.25) is 0 Å². The van der Waals surface area contributed by atoms with Gasteiger partial charge in [-0.1, -0.05) is 12.1 Å². The van der Waals surface area contributed by atoms with E-state index in [0.29, 0.717) is 5.75 Å². The highest BCUT2D eigenvalue weighted by Gasteiger charge is 2.01. The summed E-state index contributed by atoms with van der Waals surface area (Å²) in [4.78, 5) is 5.96. The molecule has 0 aliphatic heterocycles. The molecule has 1 heterocycles. The van der Waals surface area contributed by atoms with Gasteiger partial charge >= 0.3 is 0 Å². The number of thiophene rings is 1. The highest BCUT2D eigenvalue weighted by atomic mass is 32.1. The van der Waals surface area contributed by atoms with Gasteiger partial charge in [-0.05, 0) is 61.4 Å². The molecule has 0 fully saturated rings. The second-order valence-corrected chi connectivity index (χ2v) is 6.42. The molecule has 0 spiro atoms. The number of benzene rings is 1. The van der Waals surface area contributed by atoms with E-state index in [1.165, 1.54) is 16.0 Å². The number of aliphatic imine (C=N–C) groups is 1. The summed E-state index contributed by atoms with van der Waals surface area (Å²) in [6, 6.07) is 9.53. The van der Waals surface area contributed by atoms with E-state index >= 15 is 0 Å². The van der Waals surface area contributed by atoms with Gasteiger partial charge in [0.25, 0.3) is 0 Å². The summed E-state index contributed by atoms with van der Waals surface area (Å²) in [5, 5.41) is 18.1. The van der Waals surface area contributed by atoms with Crippen molar-refractivity contribution in [3.8, 4) is 5.75 Å². The minimum atomic E-state index is 0.317. The largest absolute Gasteiger partial charge is 0.508 e. The van der Waals surface area contributed by atoms with Crippen molar-refractivity contribution in [3.05, 3.63) is 51.7 Å². The van der Waals surface area contributed by atoms with Crippen LogP contribution in [0.25, 0.3) is 0 Å². The normalized spacial score (nSPS) is 11.5. The molecule has 0 unspecified atom stereocenters. The summed E-state index contributed by atoms with van der Waals surface area (Å²) in [7, 11) is 0. The Hall–Kier alpha value is -2.01. The van der Waals surface area contributed by atoms with E-state index in [0.717, 1.165) is 38.4 Å². The van der Waals surface area contributed by atoms with Gasteiger partial charge in [-0.15, -0.1) is 11.3 Å². The molecule has 23 heavy (non-hydrogen) atoms. The van der Waals surface area contributed by atoms with Crippen LogP contribution in [-0.4, -0.2) is 24.2 Å². The lowest BCUT2D eigenvalue weighted by Gasteiger charge is -2.11. The highest BCUT2D eigenvalue weighted by Crippen LogP contribution is 2.16. The van der Waals surface area contributed by atoms with Gasteiger partial charge in [-0.2, -0.15) is 0 Å².